The minimum absolute atomic E-state index is 0.0281. The lowest BCUT2D eigenvalue weighted by Gasteiger charge is -2.20. The first-order valence-corrected chi connectivity index (χ1v) is 8.04. The van der Waals surface area contributed by atoms with E-state index in [0.717, 1.165) is 12.2 Å². The first kappa shape index (κ1) is 18.5. The second-order valence-corrected chi connectivity index (χ2v) is 5.77. The van der Waals surface area contributed by atoms with Crippen LogP contribution < -0.4 is 10.6 Å². The zero-order chi connectivity index (χ0) is 17.6. The monoisotopic (exact) mass is 347 g/mol. The van der Waals surface area contributed by atoms with Gasteiger partial charge in [-0.25, -0.2) is 0 Å². The van der Waals surface area contributed by atoms with Gasteiger partial charge < -0.3 is 15.2 Å². The predicted molar refractivity (Wildman–Crippen MR) is 84.8 cm³/mol. The SMILES string of the molecule is CCc1nncn1CCNC(=NC)NC1CCN(CC(F)(F)F)C1. The van der Waals surface area contributed by atoms with Crippen LogP contribution in [0.15, 0.2) is 11.3 Å². The van der Waals surface area contributed by atoms with Gasteiger partial charge in [0.25, 0.3) is 0 Å². The van der Waals surface area contributed by atoms with E-state index in [-0.39, 0.29) is 6.04 Å². The predicted octanol–water partition coefficient (Wildman–Crippen LogP) is 0.642. The summed E-state index contributed by atoms with van der Waals surface area (Å²) in [6.45, 7) is 3.29. The zero-order valence-electron chi connectivity index (χ0n) is 14.0. The Morgan fingerprint density at radius 2 is 2.25 bits per heavy atom. The summed E-state index contributed by atoms with van der Waals surface area (Å²) in [5.41, 5.74) is 0. The summed E-state index contributed by atoms with van der Waals surface area (Å²) in [6, 6.07) is -0.0281. The number of alkyl halides is 3. The number of nitrogens with one attached hydrogen (secondary N) is 2. The van der Waals surface area contributed by atoms with E-state index in [1.54, 1.807) is 13.4 Å². The number of hydrogen-bond donors (Lipinski definition) is 2. The van der Waals surface area contributed by atoms with Crippen LogP contribution in [0.25, 0.3) is 0 Å². The molecular weight excluding hydrogens is 323 g/mol. The van der Waals surface area contributed by atoms with Crippen molar-refractivity contribution in [3.05, 3.63) is 12.2 Å². The van der Waals surface area contributed by atoms with Crippen molar-refractivity contribution in [2.45, 2.75) is 38.5 Å². The number of halogens is 3. The summed E-state index contributed by atoms with van der Waals surface area (Å²) in [5.74, 6) is 1.51. The van der Waals surface area contributed by atoms with Crippen LogP contribution in [-0.2, 0) is 13.0 Å². The molecule has 0 bridgehead atoms. The van der Waals surface area contributed by atoms with Gasteiger partial charge in [0.15, 0.2) is 5.96 Å². The number of aliphatic imine (C=N–C) groups is 1. The number of likely N-dealkylation sites (tertiary alicyclic amines) is 1. The largest absolute Gasteiger partial charge is 0.401 e. The topological polar surface area (TPSA) is 70.4 Å². The van der Waals surface area contributed by atoms with Crippen molar-refractivity contribution in [3.8, 4) is 0 Å². The first-order valence-electron chi connectivity index (χ1n) is 8.04. The summed E-state index contributed by atoms with van der Waals surface area (Å²) in [4.78, 5) is 5.54. The maximum atomic E-state index is 12.4. The molecule has 0 saturated carbocycles. The van der Waals surface area contributed by atoms with Crippen LogP contribution >= 0.6 is 0 Å². The van der Waals surface area contributed by atoms with Crippen molar-refractivity contribution in [1.82, 2.24) is 30.3 Å². The van der Waals surface area contributed by atoms with Crippen LogP contribution in [0.1, 0.15) is 19.2 Å². The second kappa shape index (κ2) is 8.32. The lowest BCUT2D eigenvalue weighted by Crippen LogP contribution is -2.45. The van der Waals surface area contributed by atoms with E-state index < -0.39 is 12.7 Å². The molecule has 1 aromatic rings. The van der Waals surface area contributed by atoms with Gasteiger partial charge in [0.2, 0.25) is 0 Å². The molecule has 1 aliphatic heterocycles. The number of nitrogens with zero attached hydrogens (tertiary/aromatic N) is 5. The Kier molecular flexibility index (Phi) is 6.41. The number of hydrogen-bond acceptors (Lipinski definition) is 4. The number of guanidine groups is 1. The highest BCUT2D eigenvalue weighted by Crippen LogP contribution is 2.19. The summed E-state index contributed by atoms with van der Waals surface area (Å²) < 4.78 is 39.2. The molecule has 1 unspecified atom stereocenters. The maximum Gasteiger partial charge on any atom is 0.401 e. The Bertz CT molecular complexity index is 541. The molecule has 136 valence electrons. The third-order valence-electron chi connectivity index (χ3n) is 3.90. The quantitative estimate of drug-likeness (QED) is 0.584. The van der Waals surface area contributed by atoms with E-state index >= 15 is 0 Å². The van der Waals surface area contributed by atoms with Gasteiger partial charge in [-0.3, -0.25) is 9.89 Å². The van der Waals surface area contributed by atoms with E-state index in [2.05, 4.69) is 25.8 Å². The summed E-state index contributed by atoms with van der Waals surface area (Å²) in [5, 5.41) is 14.2. The molecule has 1 atom stereocenters. The molecule has 1 saturated heterocycles. The van der Waals surface area contributed by atoms with E-state index in [9.17, 15) is 13.2 Å². The Balaban J connectivity index is 1.73. The molecule has 2 rings (SSSR count). The smallest absolute Gasteiger partial charge is 0.355 e. The van der Waals surface area contributed by atoms with E-state index in [4.69, 9.17) is 0 Å². The lowest BCUT2D eigenvalue weighted by atomic mass is 10.3. The molecule has 10 heteroatoms. The molecule has 0 amide bonds. The van der Waals surface area contributed by atoms with Gasteiger partial charge in [-0.15, -0.1) is 10.2 Å². The summed E-state index contributed by atoms with van der Waals surface area (Å²) in [6.07, 6.45) is -0.986. The summed E-state index contributed by atoms with van der Waals surface area (Å²) >= 11 is 0. The minimum Gasteiger partial charge on any atom is -0.355 e. The number of aryl methyl sites for hydroxylation is 1. The van der Waals surface area contributed by atoms with Gasteiger partial charge in [0.1, 0.15) is 12.2 Å². The third kappa shape index (κ3) is 5.66. The highest BCUT2D eigenvalue weighted by atomic mass is 19.4. The summed E-state index contributed by atoms with van der Waals surface area (Å²) in [7, 11) is 1.65. The normalized spacial score (nSPS) is 19.7. The van der Waals surface area contributed by atoms with E-state index in [1.165, 1.54) is 4.90 Å². The molecule has 24 heavy (non-hydrogen) atoms. The fraction of sp³-hybridized carbons (Fsp3) is 0.786. The van der Waals surface area contributed by atoms with Gasteiger partial charge in [-0.05, 0) is 6.42 Å². The number of rotatable bonds is 6. The molecular formula is C14H24F3N7. The molecule has 2 heterocycles. The van der Waals surface area contributed by atoms with Crippen LogP contribution in [0.5, 0.6) is 0 Å². The fourth-order valence-corrected chi connectivity index (χ4v) is 2.77. The van der Waals surface area contributed by atoms with Crippen LogP contribution in [0.3, 0.4) is 0 Å². The molecule has 1 aromatic heterocycles. The van der Waals surface area contributed by atoms with Gasteiger partial charge in [0.05, 0.1) is 6.54 Å². The Labute approximate surface area is 139 Å². The average Bonchev–Trinajstić information content (AvgIpc) is 3.13. The first-order chi connectivity index (χ1) is 11.4. The average molecular weight is 347 g/mol. The van der Waals surface area contributed by atoms with Crippen molar-refractivity contribution in [3.63, 3.8) is 0 Å². The van der Waals surface area contributed by atoms with Gasteiger partial charge in [0, 0.05) is 45.7 Å². The molecule has 0 aliphatic carbocycles. The Morgan fingerprint density at radius 1 is 1.46 bits per heavy atom. The van der Waals surface area contributed by atoms with Crippen LogP contribution in [0.2, 0.25) is 0 Å². The van der Waals surface area contributed by atoms with E-state index in [1.807, 2.05) is 11.5 Å². The van der Waals surface area contributed by atoms with Gasteiger partial charge in [-0.1, -0.05) is 6.92 Å². The van der Waals surface area contributed by atoms with Crippen molar-refractivity contribution >= 4 is 5.96 Å². The highest BCUT2D eigenvalue weighted by molar-refractivity contribution is 5.79. The van der Waals surface area contributed by atoms with Gasteiger partial charge >= 0.3 is 6.18 Å². The van der Waals surface area contributed by atoms with Crippen molar-refractivity contribution in [2.75, 3.05) is 33.2 Å². The molecule has 0 aromatic carbocycles. The molecule has 7 nitrogen and oxygen atoms in total. The lowest BCUT2D eigenvalue weighted by molar-refractivity contribution is -0.143. The fourth-order valence-electron chi connectivity index (χ4n) is 2.77. The molecule has 1 fully saturated rings. The highest BCUT2D eigenvalue weighted by Gasteiger charge is 2.34. The third-order valence-corrected chi connectivity index (χ3v) is 3.90. The number of aromatic nitrogens is 3. The Morgan fingerprint density at radius 3 is 2.92 bits per heavy atom. The molecule has 1 aliphatic rings. The van der Waals surface area contributed by atoms with Crippen molar-refractivity contribution in [1.29, 1.82) is 0 Å². The molecule has 2 N–H and O–H groups in total. The van der Waals surface area contributed by atoms with Crippen molar-refractivity contribution < 1.29 is 13.2 Å². The van der Waals surface area contributed by atoms with Crippen LogP contribution in [-0.4, -0.2) is 71.1 Å². The van der Waals surface area contributed by atoms with E-state index in [0.29, 0.717) is 38.6 Å². The standard InChI is InChI=1S/C14H24F3N7/c1-3-12-22-20-10-24(12)7-5-19-13(18-2)21-11-4-6-23(8-11)9-14(15,16)17/h10-11H,3-9H2,1-2H3,(H2,18,19,21). The van der Waals surface area contributed by atoms with Crippen LogP contribution in [0, 0.1) is 0 Å². The van der Waals surface area contributed by atoms with Crippen molar-refractivity contribution in [2.24, 2.45) is 4.99 Å². The Hall–Kier alpha value is -1.84. The van der Waals surface area contributed by atoms with Crippen LogP contribution in [0.4, 0.5) is 13.2 Å². The molecule has 0 radical (unpaired) electrons. The van der Waals surface area contributed by atoms with Gasteiger partial charge in [-0.2, -0.15) is 13.2 Å². The second-order valence-electron chi connectivity index (χ2n) is 5.77. The maximum absolute atomic E-state index is 12.4. The molecule has 0 spiro atoms. The zero-order valence-corrected chi connectivity index (χ0v) is 14.0. The minimum atomic E-state index is -4.15.